The molecule has 1 saturated heterocycles. The molecule has 0 spiro atoms. The standard InChI is InChI=1S/C18H18N2O/c1-20-9-5-8-16(20)18-11-15-17(21-18)10-14(12-19-15)13-6-3-2-4-7-13/h2-4,6-7,10-12,16H,5,8-9H2,1H3/t16-/m0/s1. The van der Waals surface area contributed by atoms with E-state index in [-0.39, 0.29) is 0 Å². The van der Waals surface area contributed by atoms with E-state index in [1.54, 1.807) is 0 Å². The van der Waals surface area contributed by atoms with Crippen molar-refractivity contribution >= 4 is 11.1 Å². The topological polar surface area (TPSA) is 29.3 Å². The quantitative estimate of drug-likeness (QED) is 0.701. The molecule has 1 aromatic carbocycles. The second-order valence-corrected chi connectivity index (χ2v) is 5.76. The van der Waals surface area contributed by atoms with E-state index in [4.69, 9.17) is 4.42 Å². The van der Waals surface area contributed by atoms with Crippen molar-refractivity contribution in [3.63, 3.8) is 0 Å². The zero-order chi connectivity index (χ0) is 14.2. The van der Waals surface area contributed by atoms with Crippen molar-refractivity contribution in [2.45, 2.75) is 18.9 Å². The summed E-state index contributed by atoms with van der Waals surface area (Å²) in [6.07, 6.45) is 4.33. The number of nitrogens with zero attached hydrogens (tertiary/aromatic N) is 2. The molecular weight excluding hydrogens is 260 g/mol. The second kappa shape index (κ2) is 5.01. The van der Waals surface area contributed by atoms with Crippen molar-refractivity contribution in [1.82, 2.24) is 9.88 Å². The fourth-order valence-electron chi connectivity index (χ4n) is 3.16. The highest BCUT2D eigenvalue weighted by Gasteiger charge is 2.25. The molecule has 3 heterocycles. The Hall–Kier alpha value is -2.13. The Morgan fingerprint density at radius 2 is 2.00 bits per heavy atom. The lowest BCUT2D eigenvalue weighted by atomic mass is 10.1. The molecule has 1 aliphatic heterocycles. The third kappa shape index (κ3) is 2.24. The number of hydrogen-bond donors (Lipinski definition) is 0. The van der Waals surface area contributed by atoms with Gasteiger partial charge in [-0.1, -0.05) is 30.3 Å². The van der Waals surface area contributed by atoms with E-state index in [0.29, 0.717) is 6.04 Å². The van der Waals surface area contributed by atoms with Crippen molar-refractivity contribution in [3.05, 3.63) is 54.4 Å². The highest BCUT2D eigenvalue weighted by atomic mass is 16.3. The molecule has 0 radical (unpaired) electrons. The molecule has 4 rings (SSSR count). The van der Waals surface area contributed by atoms with E-state index in [9.17, 15) is 0 Å². The molecule has 3 nitrogen and oxygen atoms in total. The molecule has 0 aliphatic carbocycles. The number of likely N-dealkylation sites (tertiary alicyclic amines) is 1. The SMILES string of the molecule is CN1CCC[C@H]1c1cc2ncc(-c3ccccc3)cc2o1. The maximum atomic E-state index is 6.08. The summed E-state index contributed by atoms with van der Waals surface area (Å²) in [5.74, 6) is 1.04. The highest BCUT2D eigenvalue weighted by molar-refractivity contribution is 5.79. The molecular formula is C18H18N2O. The lowest BCUT2D eigenvalue weighted by Crippen LogP contribution is -2.16. The van der Waals surface area contributed by atoms with Crippen molar-refractivity contribution < 1.29 is 4.42 Å². The Morgan fingerprint density at radius 3 is 2.76 bits per heavy atom. The smallest absolute Gasteiger partial charge is 0.153 e. The summed E-state index contributed by atoms with van der Waals surface area (Å²) >= 11 is 0. The van der Waals surface area contributed by atoms with E-state index < -0.39 is 0 Å². The van der Waals surface area contributed by atoms with Crippen LogP contribution in [-0.4, -0.2) is 23.5 Å². The van der Waals surface area contributed by atoms with Gasteiger partial charge in [0.15, 0.2) is 5.58 Å². The van der Waals surface area contributed by atoms with Gasteiger partial charge in [-0.3, -0.25) is 9.88 Å². The summed E-state index contributed by atoms with van der Waals surface area (Å²) in [4.78, 5) is 6.92. The van der Waals surface area contributed by atoms with E-state index >= 15 is 0 Å². The molecule has 2 aromatic heterocycles. The number of aromatic nitrogens is 1. The van der Waals surface area contributed by atoms with Crippen LogP contribution in [0.4, 0.5) is 0 Å². The minimum atomic E-state index is 0.402. The maximum absolute atomic E-state index is 6.08. The predicted octanol–water partition coefficient (Wildman–Crippen LogP) is 4.26. The molecule has 3 heteroatoms. The molecule has 0 amide bonds. The molecule has 21 heavy (non-hydrogen) atoms. The first-order chi connectivity index (χ1) is 10.3. The Bertz CT molecular complexity index is 763. The van der Waals surface area contributed by atoms with Crippen LogP contribution >= 0.6 is 0 Å². The maximum Gasteiger partial charge on any atom is 0.153 e. The Kier molecular flexibility index (Phi) is 3.00. The molecule has 0 N–H and O–H groups in total. The van der Waals surface area contributed by atoms with Crippen molar-refractivity contribution in [3.8, 4) is 11.1 Å². The number of fused-ring (bicyclic) bond motifs is 1. The summed E-state index contributed by atoms with van der Waals surface area (Å²) in [7, 11) is 2.16. The molecule has 0 unspecified atom stereocenters. The van der Waals surface area contributed by atoms with E-state index in [1.165, 1.54) is 18.4 Å². The van der Waals surface area contributed by atoms with Crippen LogP contribution in [0.5, 0.6) is 0 Å². The third-order valence-corrected chi connectivity index (χ3v) is 4.34. The second-order valence-electron chi connectivity index (χ2n) is 5.76. The fraction of sp³-hybridized carbons (Fsp3) is 0.278. The van der Waals surface area contributed by atoms with Crippen molar-refractivity contribution in [2.75, 3.05) is 13.6 Å². The lowest BCUT2D eigenvalue weighted by Gasteiger charge is -2.16. The zero-order valence-corrected chi connectivity index (χ0v) is 12.1. The Balaban J connectivity index is 1.75. The van der Waals surface area contributed by atoms with Crippen LogP contribution < -0.4 is 0 Å². The number of benzene rings is 1. The average Bonchev–Trinajstić information content (AvgIpc) is 3.12. The number of furan rings is 1. The van der Waals surface area contributed by atoms with Gasteiger partial charge in [-0.15, -0.1) is 0 Å². The van der Waals surface area contributed by atoms with Gasteiger partial charge >= 0.3 is 0 Å². The molecule has 1 fully saturated rings. The third-order valence-electron chi connectivity index (χ3n) is 4.34. The van der Waals surface area contributed by atoms with Gasteiger partial charge in [-0.2, -0.15) is 0 Å². The molecule has 1 aliphatic rings. The van der Waals surface area contributed by atoms with Crippen LogP contribution in [0.25, 0.3) is 22.2 Å². The van der Waals surface area contributed by atoms with E-state index in [2.05, 4.69) is 41.2 Å². The average molecular weight is 278 g/mol. The zero-order valence-electron chi connectivity index (χ0n) is 12.1. The Labute approximate surface area is 124 Å². The number of hydrogen-bond acceptors (Lipinski definition) is 3. The van der Waals surface area contributed by atoms with Gasteiger partial charge in [-0.25, -0.2) is 0 Å². The van der Waals surface area contributed by atoms with Gasteiger partial charge in [0.1, 0.15) is 11.3 Å². The van der Waals surface area contributed by atoms with Crippen LogP contribution in [0.3, 0.4) is 0 Å². The van der Waals surface area contributed by atoms with Gasteiger partial charge in [0, 0.05) is 17.8 Å². The first-order valence-electron chi connectivity index (χ1n) is 7.46. The predicted molar refractivity (Wildman–Crippen MR) is 84.1 cm³/mol. The lowest BCUT2D eigenvalue weighted by molar-refractivity contribution is 0.281. The van der Waals surface area contributed by atoms with Crippen LogP contribution in [0.2, 0.25) is 0 Å². The molecule has 3 aromatic rings. The first-order valence-corrected chi connectivity index (χ1v) is 7.46. The first kappa shape index (κ1) is 12.6. The van der Waals surface area contributed by atoms with Crippen LogP contribution in [-0.2, 0) is 0 Å². The van der Waals surface area contributed by atoms with Gasteiger partial charge in [-0.05, 0) is 38.1 Å². The summed E-state index contributed by atoms with van der Waals surface area (Å²) in [6.45, 7) is 1.14. The summed E-state index contributed by atoms with van der Waals surface area (Å²) in [5, 5.41) is 0. The molecule has 0 saturated carbocycles. The van der Waals surface area contributed by atoms with Gasteiger partial charge < -0.3 is 4.42 Å². The van der Waals surface area contributed by atoms with Gasteiger partial charge in [0.25, 0.3) is 0 Å². The summed E-state index contributed by atoms with van der Waals surface area (Å²) < 4.78 is 6.08. The van der Waals surface area contributed by atoms with Crippen molar-refractivity contribution in [2.24, 2.45) is 0 Å². The molecule has 106 valence electrons. The van der Waals surface area contributed by atoms with Gasteiger partial charge in [0.2, 0.25) is 0 Å². The van der Waals surface area contributed by atoms with Crippen LogP contribution in [0.1, 0.15) is 24.6 Å². The Morgan fingerprint density at radius 1 is 1.14 bits per heavy atom. The minimum Gasteiger partial charge on any atom is -0.458 e. The van der Waals surface area contributed by atoms with Crippen LogP contribution in [0.15, 0.2) is 53.1 Å². The largest absolute Gasteiger partial charge is 0.458 e. The van der Waals surface area contributed by atoms with Crippen molar-refractivity contribution in [1.29, 1.82) is 0 Å². The molecule has 1 atom stereocenters. The minimum absolute atomic E-state index is 0.402. The number of pyridine rings is 1. The summed E-state index contributed by atoms with van der Waals surface area (Å²) in [5.41, 5.74) is 4.10. The summed E-state index contributed by atoms with van der Waals surface area (Å²) in [6, 6.07) is 14.9. The normalized spacial score (nSPS) is 19.4. The van der Waals surface area contributed by atoms with Crippen LogP contribution in [0, 0.1) is 0 Å². The van der Waals surface area contributed by atoms with Gasteiger partial charge in [0.05, 0.1) is 6.04 Å². The fourth-order valence-corrected chi connectivity index (χ4v) is 3.16. The number of rotatable bonds is 2. The van der Waals surface area contributed by atoms with E-state index in [1.807, 2.05) is 24.4 Å². The monoisotopic (exact) mass is 278 g/mol. The van der Waals surface area contributed by atoms with E-state index in [0.717, 1.165) is 29.0 Å². The highest BCUT2D eigenvalue weighted by Crippen LogP contribution is 2.34. The molecule has 0 bridgehead atoms.